The Hall–Kier alpha value is -2.95. The minimum absolute atomic E-state index is 0. The quantitative estimate of drug-likeness (QED) is 0.350. The molecular weight excluding hydrogens is 480 g/mol. The third-order valence-corrected chi connectivity index (χ3v) is 7.87. The number of Topliss-reactive ketones (excluding diaryl/α,β-unsaturated/α-hetero) is 1. The van der Waals surface area contributed by atoms with Gasteiger partial charge in [-0.25, -0.2) is 0 Å². The maximum absolute atomic E-state index is 13.0. The fourth-order valence-electron chi connectivity index (χ4n) is 5.61. The molecule has 0 atom stereocenters. The number of amides is 1. The molecule has 1 saturated heterocycles. The standard InChI is InChI=1S/C32H36N2O2.ClH/c35-31(14-11-25-15-21-34(22-16-25)32(36)28-9-5-2-6-10-28)30-13-12-27-17-19-33(20-18-29(27)23-30)24-26-7-3-1-4-8-26;/h1-10,12-13,23,25H,11,14-22,24H2;1H. The number of benzene rings is 3. The molecule has 5 rings (SSSR count). The SMILES string of the molecule is Cl.O=C(CCC1CCN(C(=O)c2ccccc2)CC1)c1ccc2c(c1)CCN(Cc1ccccc1)CC2. The first-order valence-corrected chi connectivity index (χ1v) is 13.4. The average molecular weight is 517 g/mol. The molecule has 0 bridgehead atoms. The van der Waals surface area contributed by atoms with Crippen LogP contribution in [-0.4, -0.2) is 47.7 Å². The second kappa shape index (κ2) is 13.0. The molecule has 0 aromatic heterocycles. The summed E-state index contributed by atoms with van der Waals surface area (Å²) in [5.74, 6) is 0.893. The van der Waals surface area contributed by atoms with Gasteiger partial charge >= 0.3 is 0 Å². The lowest BCUT2D eigenvalue weighted by Gasteiger charge is -2.32. The number of fused-ring (bicyclic) bond motifs is 1. The highest BCUT2D eigenvalue weighted by atomic mass is 35.5. The van der Waals surface area contributed by atoms with E-state index in [-0.39, 0.29) is 24.1 Å². The molecule has 5 heteroatoms. The van der Waals surface area contributed by atoms with E-state index < -0.39 is 0 Å². The fraction of sp³-hybridized carbons (Fsp3) is 0.375. The molecule has 2 heterocycles. The summed E-state index contributed by atoms with van der Waals surface area (Å²) in [4.78, 5) is 30.2. The molecule has 194 valence electrons. The summed E-state index contributed by atoms with van der Waals surface area (Å²) in [6.45, 7) is 4.63. The van der Waals surface area contributed by atoms with Crippen LogP contribution in [0, 0.1) is 5.92 Å². The predicted molar refractivity (Wildman–Crippen MR) is 151 cm³/mol. The van der Waals surface area contributed by atoms with Crippen LogP contribution in [0.15, 0.2) is 78.9 Å². The minimum atomic E-state index is 0. The van der Waals surface area contributed by atoms with Gasteiger partial charge in [-0.2, -0.15) is 0 Å². The van der Waals surface area contributed by atoms with Gasteiger partial charge in [0, 0.05) is 50.3 Å². The Kier molecular flexibility index (Phi) is 9.54. The van der Waals surface area contributed by atoms with Gasteiger partial charge in [-0.1, -0.05) is 60.7 Å². The van der Waals surface area contributed by atoms with Crippen LogP contribution in [0.4, 0.5) is 0 Å². The van der Waals surface area contributed by atoms with Crippen molar-refractivity contribution in [2.45, 2.75) is 45.1 Å². The lowest BCUT2D eigenvalue weighted by Crippen LogP contribution is -2.38. The van der Waals surface area contributed by atoms with E-state index in [2.05, 4.69) is 47.4 Å². The number of carbonyl (C=O) groups excluding carboxylic acids is 2. The summed E-state index contributed by atoms with van der Waals surface area (Å²) in [6, 6.07) is 26.6. The highest BCUT2D eigenvalue weighted by Crippen LogP contribution is 2.25. The van der Waals surface area contributed by atoms with E-state index in [4.69, 9.17) is 0 Å². The zero-order valence-corrected chi connectivity index (χ0v) is 22.3. The number of ketones is 1. The Labute approximate surface area is 227 Å². The summed E-state index contributed by atoms with van der Waals surface area (Å²) < 4.78 is 0. The third kappa shape index (κ3) is 7.09. The fourth-order valence-corrected chi connectivity index (χ4v) is 5.61. The van der Waals surface area contributed by atoms with Crippen molar-refractivity contribution in [3.63, 3.8) is 0 Å². The molecule has 0 unspecified atom stereocenters. The van der Waals surface area contributed by atoms with Gasteiger partial charge in [-0.3, -0.25) is 14.5 Å². The van der Waals surface area contributed by atoms with E-state index in [1.54, 1.807) is 0 Å². The highest BCUT2D eigenvalue weighted by Gasteiger charge is 2.24. The lowest BCUT2D eigenvalue weighted by molar-refractivity contribution is 0.0681. The number of rotatable bonds is 7. The van der Waals surface area contributed by atoms with Crippen LogP contribution < -0.4 is 0 Å². The summed E-state index contributed by atoms with van der Waals surface area (Å²) >= 11 is 0. The maximum Gasteiger partial charge on any atom is 0.253 e. The van der Waals surface area contributed by atoms with Gasteiger partial charge in [-0.15, -0.1) is 12.4 Å². The smallest absolute Gasteiger partial charge is 0.253 e. The van der Waals surface area contributed by atoms with E-state index in [1.165, 1.54) is 16.7 Å². The van der Waals surface area contributed by atoms with Crippen LogP contribution in [0.3, 0.4) is 0 Å². The number of hydrogen-bond acceptors (Lipinski definition) is 3. The average Bonchev–Trinajstić information content (AvgIpc) is 3.14. The molecule has 4 nitrogen and oxygen atoms in total. The van der Waals surface area contributed by atoms with Crippen LogP contribution in [0.5, 0.6) is 0 Å². The molecular formula is C32H37ClN2O2. The van der Waals surface area contributed by atoms with E-state index in [0.717, 1.165) is 76.0 Å². The molecule has 0 N–H and O–H groups in total. The zero-order chi connectivity index (χ0) is 24.7. The number of likely N-dealkylation sites (tertiary alicyclic amines) is 1. The molecule has 3 aromatic carbocycles. The second-order valence-electron chi connectivity index (χ2n) is 10.3. The number of carbonyl (C=O) groups is 2. The van der Waals surface area contributed by atoms with Crippen LogP contribution in [0.25, 0.3) is 0 Å². The van der Waals surface area contributed by atoms with Gasteiger partial charge < -0.3 is 4.90 Å². The molecule has 0 radical (unpaired) electrons. The Bertz CT molecular complexity index is 1170. The largest absolute Gasteiger partial charge is 0.339 e. The number of halogens is 1. The van der Waals surface area contributed by atoms with Gasteiger partial charge in [0.25, 0.3) is 5.91 Å². The van der Waals surface area contributed by atoms with Gasteiger partial charge in [0.1, 0.15) is 0 Å². The predicted octanol–water partition coefficient (Wildman–Crippen LogP) is 6.22. The molecule has 2 aliphatic heterocycles. The number of piperidine rings is 1. The first kappa shape index (κ1) is 27.1. The van der Waals surface area contributed by atoms with Gasteiger partial charge in [0.05, 0.1) is 0 Å². The number of nitrogens with zero attached hydrogens (tertiary/aromatic N) is 2. The number of hydrogen-bond donors (Lipinski definition) is 0. The van der Waals surface area contributed by atoms with E-state index in [9.17, 15) is 9.59 Å². The molecule has 1 fully saturated rings. The molecule has 3 aromatic rings. The summed E-state index contributed by atoms with van der Waals surface area (Å²) in [6.07, 6.45) is 5.50. The normalized spacial score (nSPS) is 16.4. The van der Waals surface area contributed by atoms with Crippen molar-refractivity contribution in [1.82, 2.24) is 9.80 Å². The summed E-state index contributed by atoms with van der Waals surface area (Å²) in [5, 5.41) is 0. The van der Waals surface area contributed by atoms with Crippen molar-refractivity contribution in [1.29, 1.82) is 0 Å². The first-order chi connectivity index (χ1) is 17.7. The highest BCUT2D eigenvalue weighted by molar-refractivity contribution is 5.96. The molecule has 0 saturated carbocycles. The Balaban J connectivity index is 0.00000320. The summed E-state index contributed by atoms with van der Waals surface area (Å²) in [7, 11) is 0. The van der Waals surface area contributed by atoms with Crippen LogP contribution in [0.2, 0.25) is 0 Å². The second-order valence-corrected chi connectivity index (χ2v) is 10.3. The van der Waals surface area contributed by atoms with Crippen LogP contribution >= 0.6 is 12.4 Å². The Morgan fingerprint density at radius 1 is 0.730 bits per heavy atom. The summed E-state index contributed by atoms with van der Waals surface area (Å²) in [5.41, 5.74) is 5.70. The third-order valence-electron chi connectivity index (χ3n) is 7.87. The lowest BCUT2D eigenvalue weighted by atomic mass is 9.89. The van der Waals surface area contributed by atoms with Crippen LogP contribution in [0.1, 0.15) is 63.1 Å². The van der Waals surface area contributed by atoms with Crippen molar-refractivity contribution in [3.8, 4) is 0 Å². The molecule has 0 aliphatic carbocycles. The Morgan fingerprint density at radius 3 is 2.08 bits per heavy atom. The van der Waals surface area contributed by atoms with Crippen molar-refractivity contribution >= 4 is 24.1 Å². The van der Waals surface area contributed by atoms with Crippen molar-refractivity contribution < 1.29 is 9.59 Å². The van der Waals surface area contributed by atoms with Crippen molar-refractivity contribution in [2.75, 3.05) is 26.2 Å². The Morgan fingerprint density at radius 2 is 1.38 bits per heavy atom. The maximum atomic E-state index is 13.0. The zero-order valence-electron chi connectivity index (χ0n) is 21.5. The van der Waals surface area contributed by atoms with Crippen molar-refractivity contribution in [2.24, 2.45) is 5.92 Å². The molecule has 1 amide bonds. The molecule has 37 heavy (non-hydrogen) atoms. The van der Waals surface area contributed by atoms with E-state index >= 15 is 0 Å². The van der Waals surface area contributed by atoms with Gasteiger partial charge in [-0.05, 0) is 72.9 Å². The molecule has 0 spiro atoms. The van der Waals surface area contributed by atoms with E-state index in [0.29, 0.717) is 12.3 Å². The van der Waals surface area contributed by atoms with Gasteiger partial charge in [0.15, 0.2) is 5.78 Å². The molecule has 2 aliphatic rings. The monoisotopic (exact) mass is 516 g/mol. The first-order valence-electron chi connectivity index (χ1n) is 13.4. The van der Waals surface area contributed by atoms with Crippen LogP contribution in [-0.2, 0) is 19.4 Å². The van der Waals surface area contributed by atoms with E-state index in [1.807, 2.05) is 41.3 Å². The minimum Gasteiger partial charge on any atom is -0.339 e. The van der Waals surface area contributed by atoms with Gasteiger partial charge in [0.2, 0.25) is 0 Å². The topological polar surface area (TPSA) is 40.6 Å². The van der Waals surface area contributed by atoms with Crippen molar-refractivity contribution in [3.05, 3.63) is 107 Å².